The second kappa shape index (κ2) is 4.41. The van der Waals surface area contributed by atoms with E-state index >= 15 is 0 Å². The molecule has 1 unspecified atom stereocenters. The highest BCUT2D eigenvalue weighted by molar-refractivity contribution is 7.27. The Morgan fingerprint density at radius 3 is 2.12 bits per heavy atom. The highest BCUT2D eigenvalue weighted by Gasteiger charge is 2.23. The third kappa shape index (κ3) is 3.52. The average Bonchev–Trinajstić information content (AvgIpc) is 2.04. The van der Waals surface area contributed by atoms with Crippen molar-refractivity contribution >= 4 is 22.4 Å². The summed E-state index contributed by atoms with van der Waals surface area (Å²) in [6.45, 7) is 10.8. The van der Waals surface area contributed by atoms with Gasteiger partial charge in [0.05, 0.1) is 5.50 Å². The van der Waals surface area contributed by atoms with Gasteiger partial charge in [-0.15, -0.1) is 9.24 Å². The fourth-order valence-electron chi connectivity index (χ4n) is 1.57. The molecular formula is C13H22BOP. The minimum absolute atomic E-state index is 0.104. The molecule has 1 aromatic carbocycles. The predicted molar refractivity (Wildman–Crippen MR) is 77.7 cm³/mol. The first-order valence-corrected chi connectivity index (χ1v) is 6.27. The van der Waals surface area contributed by atoms with E-state index in [1.165, 1.54) is 5.56 Å². The Hall–Kier alpha value is -0.485. The molecule has 0 aliphatic heterocycles. The highest BCUT2D eigenvalue weighted by Crippen LogP contribution is 2.32. The number of rotatable bonds is 2. The lowest BCUT2D eigenvalue weighted by atomic mass is 9.84. The van der Waals surface area contributed by atoms with Crippen LogP contribution in [0.25, 0.3) is 0 Å². The highest BCUT2D eigenvalue weighted by atomic mass is 31.0. The van der Waals surface area contributed by atoms with Gasteiger partial charge in [-0.1, -0.05) is 39.0 Å². The van der Waals surface area contributed by atoms with Gasteiger partial charge in [-0.05, 0) is 19.3 Å². The Balaban J connectivity index is 3.25. The molecule has 0 aliphatic carbocycles. The molecule has 0 aromatic heterocycles. The summed E-state index contributed by atoms with van der Waals surface area (Å²) in [5.41, 5.74) is 1.20. The van der Waals surface area contributed by atoms with Crippen molar-refractivity contribution in [2.45, 2.75) is 45.5 Å². The number of para-hydroxylation sites is 1. The molecule has 0 radical (unpaired) electrons. The van der Waals surface area contributed by atoms with Crippen molar-refractivity contribution in [2.75, 3.05) is 0 Å². The molecule has 0 amide bonds. The molecule has 0 aliphatic rings. The van der Waals surface area contributed by atoms with Crippen LogP contribution in [-0.2, 0) is 5.41 Å². The summed E-state index contributed by atoms with van der Waals surface area (Å²) in [5.74, 6) is 1.01. The molecule has 1 aromatic rings. The molecule has 16 heavy (non-hydrogen) atoms. The summed E-state index contributed by atoms with van der Waals surface area (Å²) >= 11 is 0. The molecule has 0 fully saturated rings. The van der Waals surface area contributed by atoms with Crippen molar-refractivity contribution in [1.82, 2.24) is 0 Å². The number of hydrogen-bond donors (Lipinski definition) is 0. The Labute approximate surface area is 103 Å². The van der Waals surface area contributed by atoms with Gasteiger partial charge in [0, 0.05) is 10.9 Å². The molecule has 0 heterocycles. The molecule has 0 saturated heterocycles. The minimum Gasteiger partial charge on any atom is -0.496 e. The first kappa shape index (κ1) is 13.6. The van der Waals surface area contributed by atoms with Gasteiger partial charge in [0.1, 0.15) is 5.75 Å². The van der Waals surface area contributed by atoms with E-state index < -0.39 is 0 Å². The number of ether oxygens (including phenoxy) is 1. The average molecular weight is 236 g/mol. The van der Waals surface area contributed by atoms with Crippen molar-refractivity contribution in [3.05, 3.63) is 23.8 Å². The largest absolute Gasteiger partial charge is 0.496 e. The van der Waals surface area contributed by atoms with Crippen molar-refractivity contribution < 1.29 is 4.74 Å². The first-order valence-electron chi connectivity index (χ1n) is 5.69. The molecule has 88 valence electrons. The van der Waals surface area contributed by atoms with E-state index in [9.17, 15) is 0 Å². The van der Waals surface area contributed by atoms with E-state index in [4.69, 9.17) is 4.74 Å². The molecule has 0 saturated carbocycles. The van der Waals surface area contributed by atoms with E-state index in [1.807, 2.05) is 0 Å². The zero-order valence-electron chi connectivity index (χ0n) is 11.2. The van der Waals surface area contributed by atoms with E-state index in [2.05, 4.69) is 69.9 Å². The lowest BCUT2D eigenvalue weighted by molar-refractivity contribution is 0.195. The molecule has 1 atom stereocenters. The van der Waals surface area contributed by atoms with Crippen LogP contribution >= 0.6 is 9.24 Å². The second-order valence-corrected chi connectivity index (χ2v) is 6.81. The zero-order chi connectivity index (χ0) is 12.6. The van der Waals surface area contributed by atoms with Crippen LogP contribution in [0.4, 0.5) is 0 Å². The molecule has 0 N–H and O–H groups in total. The Morgan fingerprint density at radius 2 is 1.69 bits per heavy atom. The SMILES string of the molecule is BC(C)(C)Oc1c(P)cccc1C(C)(C)C. The molecule has 0 bridgehead atoms. The fourth-order valence-corrected chi connectivity index (χ4v) is 1.89. The summed E-state index contributed by atoms with van der Waals surface area (Å²) in [7, 11) is 4.84. The van der Waals surface area contributed by atoms with Crippen LogP contribution in [0.2, 0.25) is 0 Å². The standard InChI is InChI=1S/C13H22BOP/c1-12(2,3)9-7-6-8-10(16)11(9)15-13(4,5)14/h6-8H,14,16H2,1-5H3. The Bertz CT molecular complexity index is 374. The summed E-state index contributed by atoms with van der Waals surface area (Å²) in [6, 6.07) is 6.30. The van der Waals surface area contributed by atoms with Gasteiger partial charge in [0.15, 0.2) is 7.85 Å². The lowest BCUT2D eigenvalue weighted by Crippen LogP contribution is -2.31. The minimum atomic E-state index is -0.160. The maximum absolute atomic E-state index is 6.07. The summed E-state index contributed by atoms with van der Waals surface area (Å²) in [5, 5.41) is 1.13. The van der Waals surface area contributed by atoms with Crippen LogP contribution in [0.3, 0.4) is 0 Å². The summed E-state index contributed by atoms with van der Waals surface area (Å²) in [6.07, 6.45) is 0. The first-order chi connectivity index (χ1) is 7.11. The maximum atomic E-state index is 6.07. The van der Waals surface area contributed by atoms with Crippen molar-refractivity contribution in [3.63, 3.8) is 0 Å². The van der Waals surface area contributed by atoms with Crippen LogP contribution < -0.4 is 10.0 Å². The van der Waals surface area contributed by atoms with E-state index in [0.29, 0.717) is 0 Å². The number of hydrogen-bond acceptors (Lipinski definition) is 1. The third-order valence-electron chi connectivity index (χ3n) is 2.26. The number of benzene rings is 1. The van der Waals surface area contributed by atoms with Crippen LogP contribution in [0.1, 0.15) is 40.2 Å². The molecule has 1 nitrogen and oxygen atoms in total. The van der Waals surface area contributed by atoms with E-state index in [0.717, 1.165) is 11.1 Å². The van der Waals surface area contributed by atoms with Crippen molar-refractivity contribution in [3.8, 4) is 5.75 Å². The summed E-state index contributed by atoms with van der Waals surface area (Å²) < 4.78 is 6.07. The van der Waals surface area contributed by atoms with Crippen LogP contribution in [0.15, 0.2) is 18.2 Å². The monoisotopic (exact) mass is 236 g/mol. The second-order valence-electron chi connectivity index (χ2n) is 6.19. The maximum Gasteiger partial charge on any atom is 0.158 e. The quantitative estimate of drug-likeness (QED) is 0.565. The van der Waals surface area contributed by atoms with Gasteiger partial charge in [0.25, 0.3) is 0 Å². The molecule has 0 spiro atoms. The van der Waals surface area contributed by atoms with Crippen molar-refractivity contribution in [1.29, 1.82) is 0 Å². The Kier molecular flexibility index (Phi) is 3.74. The Morgan fingerprint density at radius 1 is 1.12 bits per heavy atom. The predicted octanol–water partition coefficient (Wildman–Crippen LogP) is 2.23. The van der Waals surface area contributed by atoms with Crippen LogP contribution in [0.5, 0.6) is 5.75 Å². The van der Waals surface area contributed by atoms with Gasteiger partial charge in [-0.3, -0.25) is 0 Å². The molecule has 3 heteroatoms. The van der Waals surface area contributed by atoms with Gasteiger partial charge in [-0.25, -0.2) is 0 Å². The molecular weight excluding hydrogens is 214 g/mol. The molecule has 1 rings (SSSR count). The van der Waals surface area contributed by atoms with Crippen LogP contribution in [0, 0.1) is 0 Å². The fraction of sp³-hybridized carbons (Fsp3) is 0.538. The van der Waals surface area contributed by atoms with Crippen LogP contribution in [-0.4, -0.2) is 13.3 Å². The smallest absolute Gasteiger partial charge is 0.158 e. The van der Waals surface area contributed by atoms with E-state index in [1.54, 1.807) is 0 Å². The van der Waals surface area contributed by atoms with Gasteiger partial charge >= 0.3 is 0 Å². The van der Waals surface area contributed by atoms with Gasteiger partial charge in [0.2, 0.25) is 0 Å². The normalized spacial score (nSPS) is 12.6. The third-order valence-corrected chi connectivity index (χ3v) is 2.72. The topological polar surface area (TPSA) is 9.23 Å². The van der Waals surface area contributed by atoms with Crippen molar-refractivity contribution in [2.24, 2.45) is 0 Å². The van der Waals surface area contributed by atoms with Gasteiger partial charge < -0.3 is 4.74 Å². The zero-order valence-corrected chi connectivity index (χ0v) is 12.4. The summed E-state index contributed by atoms with van der Waals surface area (Å²) in [4.78, 5) is 0. The van der Waals surface area contributed by atoms with Gasteiger partial charge in [-0.2, -0.15) is 0 Å². The lowest BCUT2D eigenvalue weighted by Gasteiger charge is -2.29. The van der Waals surface area contributed by atoms with E-state index in [-0.39, 0.29) is 10.9 Å².